The summed E-state index contributed by atoms with van der Waals surface area (Å²) in [7, 11) is 0. The summed E-state index contributed by atoms with van der Waals surface area (Å²) in [6.45, 7) is 0.154. The number of amides is 1. The van der Waals surface area contributed by atoms with Crippen LogP contribution in [0.3, 0.4) is 0 Å². The maximum atomic E-state index is 12.6. The maximum Gasteiger partial charge on any atom is 0.416 e. The molecule has 0 bridgehead atoms. The maximum absolute atomic E-state index is 12.6. The van der Waals surface area contributed by atoms with Crippen molar-refractivity contribution in [3.63, 3.8) is 0 Å². The van der Waals surface area contributed by atoms with E-state index >= 15 is 0 Å². The first-order chi connectivity index (χ1) is 9.38. The Balaban J connectivity index is 2.16. The Morgan fingerprint density at radius 3 is 2.75 bits per heavy atom. The van der Waals surface area contributed by atoms with E-state index in [9.17, 15) is 18.0 Å². The first-order valence-electron chi connectivity index (χ1n) is 5.50. The number of alkyl halides is 3. The summed E-state index contributed by atoms with van der Waals surface area (Å²) in [4.78, 5) is 18.4. The van der Waals surface area contributed by atoms with Gasteiger partial charge in [0.2, 0.25) is 0 Å². The standard InChI is InChI=1S/C12H9BrF3N3O/c13-10-2-1-7(12(14,15)16)3-9(10)11(20)18-5-8-4-17-6-19-8/h1-4,6H,5H2,(H,17,19)(H,18,20). The third kappa shape index (κ3) is 3.38. The number of hydrogen-bond donors (Lipinski definition) is 2. The fraction of sp³-hybridized carbons (Fsp3) is 0.167. The summed E-state index contributed by atoms with van der Waals surface area (Å²) in [5.41, 5.74) is -0.284. The SMILES string of the molecule is O=C(NCc1cnc[nH]1)c1cc(C(F)(F)F)ccc1Br. The van der Waals surface area contributed by atoms with Gasteiger partial charge in [0.15, 0.2) is 0 Å². The number of imidazole rings is 1. The number of rotatable bonds is 3. The lowest BCUT2D eigenvalue weighted by molar-refractivity contribution is -0.137. The van der Waals surface area contributed by atoms with Crippen LogP contribution in [0.2, 0.25) is 0 Å². The molecule has 1 aromatic heterocycles. The number of benzene rings is 1. The highest BCUT2D eigenvalue weighted by atomic mass is 79.9. The smallest absolute Gasteiger partial charge is 0.347 e. The van der Waals surface area contributed by atoms with E-state index in [2.05, 4.69) is 31.2 Å². The van der Waals surface area contributed by atoms with Crippen LogP contribution in [0.25, 0.3) is 0 Å². The number of aromatic amines is 1. The average Bonchev–Trinajstić information content (AvgIpc) is 2.88. The van der Waals surface area contributed by atoms with Gasteiger partial charge in [-0.15, -0.1) is 0 Å². The van der Waals surface area contributed by atoms with E-state index in [1.54, 1.807) is 0 Å². The number of aromatic nitrogens is 2. The summed E-state index contributed by atoms with van der Waals surface area (Å²) in [6, 6.07) is 2.93. The van der Waals surface area contributed by atoms with Gasteiger partial charge in [-0.1, -0.05) is 0 Å². The predicted octanol–water partition coefficient (Wildman–Crippen LogP) is 3.12. The molecule has 1 aromatic carbocycles. The van der Waals surface area contributed by atoms with Crippen LogP contribution in [-0.2, 0) is 12.7 Å². The van der Waals surface area contributed by atoms with Crippen LogP contribution in [0, 0.1) is 0 Å². The molecule has 0 aliphatic carbocycles. The molecular weight excluding hydrogens is 339 g/mol. The molecule has 0 fully saturated rings. The van der Waals surface area contributed by atoms with E-state index in [4.69, 9.17) is 0 Å². The zero-order chi connectivity index (χ0) is 14.8. The zero-order valence-corrected chi connectivity index (χ0v) is 11.5. The Hall–Kier alpha value is -1.83. The second-order valence-electron chi connectivity index (χ2n) is 3.95. The summed E-state index contributed by atoms with van der Waals surface area (Å²) in [6.07, 6.45) is -1.53. The number of carbonyl (C=O) groups is 1. The van der Waals surface area contributed by atoms with Crippen molar-refractivity contribution in [2.24, 2.45) is 0 Å². The molecule has 0 radical (unpaired) electrons. The monoisotopic (exact) mass is 347 g/mol. The van der Waals surface area contributed by atoms with Crippen molar-refractivity contribution >= 4 is 21.8 Å². The van der Waals surface area contributed by atoms with E-state index in [1.807, 2.05) is 0 Å². The Morgan fingerprint density at radius 1 is 1.40 bits per heavy atom. The van der Waals surface area contributed by atoms with Gasteiger partial charge >= 0.3 is 6.18 Å². The topological polar surface area (TPSA) is 57.8 Å². The lowest BCUT2D eigenvalue weighted by Gasteiger charge is -2.10. The molecule has 2 rings (SSSR count). The van der Waals surface area contributed by atoms with Gasteiger partial charge in [0.05, 0.1) is 29.7 Å². The van der Waals surface area contributed by atoms with Crippen LogP contribution in [0.5, 0.6) is 0 Å². The lowest BCUT2D eigenvalue weighted by atomic mass is 10.1. The Labute approximate surface area is 120 Å². The normalized spacial score (nSPS) is 11.4. The molecular formula is C12H9BrF3N3O. The molecule has 0 atom stereocenters. The number of nitrogens with one attached hydrogen (secondary N) is 2. The van der Waals surface area contributed by atoms with Crippen molar-refractivity contribution in [1.82, 2.24) is 15.3 Å². The van der Waals surface area contributed by atoms with Crippen molar-refractivity contribution in [3.8, 4) is 0 Å². The number of hydrogen-bond acceptors (Lipinski definition) is 2. The van der Waals surface area contributed by atoms with Crippen LogP contribution in [-0.4, -0.2) is 15.9 Å². The molecule has 2 N–H and O–H groups in total. The zero-order valence-electron chi connectivity index (χ0n) is 9.96. The summed E-state index contributed by atoms with van der Waals surface area (Å²) in [5.74, 6) is -0.599. The van der Waals surface area contributed by atoms with Gasteiger partial charge in [0.25, 0.3) is 5.91 Å². The molecule has 0 aliphatic rings. The minimum atomic E-state index is -4.49. The van der Waals surface area contributed by atoms with Gasteiger partial charge in [-0.05, 0) is 34.1 Å². The van der Waals surface area contributed by atoms with Crippen molar-refractivity contribution < 1.29 is 18.0 Å². The molecule has 0 unspecified atom stereocenters. The average molecular weight is 348 g/mol. The molecule has 0 saturated heterocycles. The van der Waals surface area contributed by atoms with E-state index in [-0.39, 0.29) is 12.1 Å². The number of nitrogens with zero attached hydrogens (tertiary/aromatic N) is 1. The highest BCUT2D eigenvalue weighted by molar-refractivity contribution is 9.10. The molecule has 106 valence electrons. The molecule has 8 heteroatoms. The third-order valence-corrected chi connectivity index (χ3v) is 3.22. The fourth-order valence-corrected chi connectivity index (χ4v) is 1.95. The quantitative estimate of drug-likeness (QED) is 0.896. The number of carbonyl (C=O) groups excluding carboxylic acids is 1. The Bertz CT molecular complexity index is 611. The van der Waals surface area contributed by atoms with Gasteiger partial charge in [-0.2, -0.15) is 13.2 Å². The summed E-state index contributed by atoms with van der Waals surface area (Å²) < 4.78 is 38.1. The molecule has 0 aliphatic heterocycles. The van der Waals surface area contributed by atoms with Crippen LogP contribution in [0.1, 0.15) is 21.6 Å². The van der Waals surface area contributed by atoms with Gasteiger partial charge in [0.1, 0.15) is 0 Å². The van der Waals surface area contributed by atoms with Crippen LogP contribution in [0.4, 0.5) is 13.2 Å². The highest BCUT2D eigenvalue weighted by Gasteiger charge is 2.31. The molecule has 0 spiro atoms. The van der Waals surface area contributed by atoms with Gasteiger partial charge < -0.3 is 10.3 Å². The molecule has 0 saturated carbocycles. The number of halogens is 4. The summed E-state index contributed by atoms with van der Waals surface area (Å²) >= 11 is 3.07. The van der Waals surface area contributed by atoms with Crippen LogP contribution >= 0.6 is 15.9 Å². The predicted molar refractivity (Wildman–Crippen MR) is 68.9 cm³/mol. The number of H-pyrrole nitrogens is 1. The van der Waals surface area contributed by atoms with E-state index < -0.39 is 17.6 Å². The second kappa shape index (κ2) is 5.66. The van der Waals surface area contributed by atoms with E-state index in [0.29, 0.717) is 10.2 Å². The van der Waals surface area contributed by atoms with Crippen molar-refractivity contribution in [2.45, 2.75) is 12.7 Å². The largest absolute Gasteiger partial charge is 0.416 e. The Kier molecular flexibility index (Phi) is 4.12. The fourth-order valence-electron chi connectivity index (χ4n) is 1.53. The van der Waals surface area contributed by atoms with E-state index in [0.717, 1.165) is 12.1 Å². The van der Waals surface area contributed by atoms with Crippen molar-refractivity contribution in [1.29, 1.82) is 0 Å². The first-order valence-corrected chi connectivity index (χ1v) is 6.29. The Morgan fingerprint density at radius 2 is 2.15 bits per heavy atom. The molecule has 1 heterocycles. The minimum Gasteiger partial charge on any atom is -0.347 e. The van der Waals surface area contributed by atoms with Gasteiger partial charge in [-0.25, -0.2) is 4.98 Å². The third-order valence-electron chi connectivity index (χ3n) is 2.53. The highest BCUT2D eigenvalue weighted by Crippen LogP contribution is 2.31. The molecule has 2 aromatic rings. The molecule has 4 nitrogen and oxygen atoms in total. The lowest BCUT2D eigenvalue weighted by Crippen LogP contribution is -2.24. The van der Waals surface area contributed by atoms with Crippen molar-refractivity contribution in [3.05, 3.63) is 52.0 Å². The van der Waals surface area contributed by atoms with Crippen LogP contribution < -0.4 is 5.32 Å². The van der Waals surface area contributed by atoms with Gasteiger partial charge in [0, 0.05) is 10.7 Å². The van der Waals surface area contributed by atoms with E-state index in [1.165, 1.54) is 18.6 Å². The second-order valence-corrected chi connectivity index (χ2v) is 4.81. The van der Waals surface area contributed by atoms with Gasteiger partial charge in [-0.3, -0.25) is 4.79 Å². The molecule has 20 heavy (non-hydrogen) atoms. The van der Waals surface area contributed by atoms with Crippen molar-refractivity contribution in [2.75, 3.05) is 0 Å². The summed E-state index contributed by atoms with van der Waals surface area (Å²) in [5, 5.41) is 2.51. The first kappa shape index (κ1) is 14.6. The minimum absolute atomic E-state index is 0.0701. The molecule has 1 amide bonds. The van der Waals surface area contributed by atoms with Crippen LogP contribution in [0.15, 0.2) is 35.2 Å².